The SMILES string of the molecule is CCc1noc(-c2cccnc2N2CCCN(C(=O)c3ccccc3OC)CC2)n1. The van der Waals surface area contributed by atoms with Crippen LogP contribution >= 0.6 is 0 Å². The van der Waals surface area contributed by atoms with Crippen molar-refractivity contribution in [2.45, 2.75) is 19.8 Å². The van der Waals surface area contributed by atoms with E-state index in [2.05, 4.69) is 20.0 Å². The number of amides is 1. The molecule has 0 bridgehead atoms. The molecule has 30 heavy (non-hydrogen) atoms. The van der Waals surface area contributed by atoms with Crippen LogP contribution in [0.25, 0.3) is 11.5 Å². The normalized spacial score (nSPS) is 14.5. The Morgan fingerprint density at radius 3 is 2.80 bits per heavy atom. The second-order valence-corrected chi connectivity index (χ2v) is 7.08. The smallest absolute Gasteiger partial charge is 0.261 e. The number of benzene rings is 1. The lowest BCUT2D eigenvalue weighted by molar-refractivity contribution is 0.0763. The summed E-state index contributed by atoms with van der Waals surface area (Å²) >= 11 is 0. The Morgan fingerprint density at radius 2 is 2.00 bits per heavy atom. The Balaban J connectivity index is 1.53. The summed E-state index contributed by atoms with van der Waals surface area (Å²) in [6.07, 6.45) is 3.31. The minimum absolute atomic E-state index is 0.0139. The molecule has 1 fully saturated rings. The molecule has 1 amide bonds. The van der Waals surface area contributed by atoms with E-state index in [4.69, 9.17) is 9.26 Å². The predicted molar refractivity (Wildman–Crippen MR) is 113 cm³/mol. The Labute approximate surface area is 175 Å². The van der Waals surface area contributed by atoms with Gasteiger partial charge < -0.3 is 19.1 Å². The molecule has 3 aromatic rings. The number of hydrogen-bond donors (Lipinski definition) is 0. The van der Waals surface area contributed by atoms with Crippen molar-refractivity contribution >= 4 is 11.7 Å². The lowest BCUT2D eigenvalue weighted by Gasteiger charge is -2.24. The fourth-order valence-corrected chi connectivity index (χ4v) is 3.65. The predicted octanol–water partition coefficient (Wildman–Crippen LogP) is 3.06. The molecule has 0 unspecified atom stereocenters. The van der Waals surface area contributed by atoms with Gasteiger partial charge in [-0.3, -0.25) is 4.79 Å². The van der Waals surface area contributed by atoms with Gasteiger partial charge in [-0.15, -0.1) is 0 Å². The molecule has 0 radical (unpaired) electrons. The third-order valence-electron chi connectivity index (χ3n) is 5.22. The van der Waals surface area contributed by atoms with Gasteiger partial charge in [-0.2, -0.15) is 4.98 Å². The Kier molecular flexibility index (Phi) is 5.92. The van der Waals surface area contributed by atoms with Crippen LogP contribution in [0.3, 0.4) is 0 Å². The van der Waals surface area contributed by atoms with E-state index in [-0.39, 0.29) is 5.91 Å². The standard InChI is InChI=1S/C22H25N5O3/c1-3-19-24-21(30-25-19)17-9-6-11-23-20(17)26-12-7-13-27(15-14-26)22(28)16-8-4-5-10-18(16)29-2/h4-6,8-11H,3,7,12-15H2,1-2H3. The molecule has 1 aliphatic heterocycles. The van der Waals surface area contributed by atoms with Gasteiger partial charge in [-0.25, -0.2) is 4.98 Å². The molecule has 0 atom stereocenters. The molecule has 4 rings (SSSR count). The van der Waals surface area contributed by atoms with Gasteiger partial charge in [-0.05, 0) is 30.7 Å². The van der Waals surface area contributed by atoms with Gasteiger partial charge in [0.15, 0.2) is 5.82 Å². The van der Waals surface area contributed by atoms with E-state index >= 15 is 0 Å². The van der Waals surface area contributed by atoms with Gasteiger partial charge in [-0.1, -0.05) is 24.2 Å². The zero-order valence-electron chi connectivity index (χ0n) is 17.2. The fraction of sp³-hybridized carbons (Fsp3) is 0.364. The van der Waals surface area contributed by atoms with Gasteiger partial charge in [0, 0.05) is 38.8 Å². The number of carbonyl (C=O) groups is 1. The lowest BCUT2D eigenvalue weighted by Crippen LogP contribution is -2.35. The minimum atomic E-state index is -0.0139. The molecule has 1 saturated heterocycles. The number of pyridine rings is 1. The molecular formula is C22H25N5O3. The van der Waals surface area contributed by atoms with Crippen LogP contribution in [0.15, 0.2) is 47.1 Å². The summed E-state index contributed by atoms with van der Waals surface area (Å²) in [7, 11) is 1.58. The maximum atomic E-state index is 13.1. The average Bonchev–Trinajstić information content (AvgIpc) is 3.15. The van der Waals surface area contributed by atoms with E-state index in [1.165, 1.54) is 0 Å². The number of rotatable bonds is 5. The van der Waals surface area contributed by atoms with E-state index in [1.807, 2.05) is 48.2 Å². The van der Waals surface area contributed by atoms with E-state index in [1.54, 1.807) is 13.3 Å². The van der Waals surface area contributed by atoms with Crippen LogP contribution in [-0.2, 0) is 6.42 Å². The highest BCUT2D eigenvalue weighted by atomic mass is 16.5. The number of nitrogens with zero attached hydrogens (tertiary/aromatic N) is 5. The van der Waals surface area contributed by atoms with Crippen LogP contribution in [0.5, 0.6) is 5.75 Å². The quantitative estimate of drug-likeness (QED) is 0.643. The molecule has 0 aliphatic carbocycles. The molecule has 8 heteroatoms. The number of aryl methyl sites for hydroxylation is 1. The zero-order valence-corrected chi connectivity index (χ0v) is 17.2. The van der Waals surface area contributed by atoms with Crippen molar-refractivity contribution in [3.8, 4) is 17.2 Å². The summed E-state index contributed by atoms with van der Waals surface area (Å²) in [5.41, 5.74) is 1.40. The van der Waals surface area contributed by atoms with Crippen molar-refractivity contribution in [1.82, 2.24) is 20.0 Å². The van der Waals surface area contributed by atoms with Crippen LogP contribution in [0, 0.1) is 0 Å². The third-order valence-corrected chi connectivity index (χ3v) is 5.22. The molecule has 2 aromatic heterocycles. The maximum Gasteiger partial charge on any atom is 0.261 e. The number of ether oxygens (including phenoxy) is 1. The first-order valence-corrected chi connectivity index (χ1v) is 10.2. The maximum absolute atomic E-state index is 13.1. The second-order valence-electron chi connectivity index (χ2n) is 7.08. The molecule has 0 saturated carbocycles. The monoisotopic (exact) mass is 407 g/mol. The van der Waals surface area contributed by atoms with Crippen molar-refractivity contribution in [3.63, 3.8) is 0 Å². The Hall–Kier alpha value is -3.42. The first-order chi connectivity index (χ1) is 14.7. The van der Waals surface area contributed by atoms with Crippen molar-refractivity contribution in [1.29, 1.82) is 0 Å². The van der Waals surface area contributed by atoms with E-state index in [0.717, 1.165) is 24.3 Å². The second kappa shape index (κ2) is 8.94. The zero-order chi connectivity index (χ0) is 20.9. The molecule has 1 aliphatic rings. The van der Waals surface area contributed by atoms with Crippen molar-refractivity contribution < 1.29 is 14.1 Å². The van der Waals surface area contributed by atoms with Gasteiger partial charge in [0.05, 0.1) is 18.2 Å². The van der Waals surface area contributed by atoms with Gasteiger partial charge in [0.25, 0.3) is 11.8 Å². The topological polar surface area (TPSA) is 84.6 Å². The third kappa shape index (κ3) is 3.98. The van der Waals surface area contributed by atoms with Crippen LogP contribution in [0.1, 0.15) is 29.5 Å². The summed E-state index contributed by atoms with van der Waals surface area (Å²) in [5.74, 6) is 2.53. The largest absolute Gasteiger partial charge is 0.496 e. The van der Waals surface area contributed by atoms with Gasteiger partial charge in [0.2, 0.25) is 0 Å². The molecule has 1 aromatic carbocycles. The summed E-state index contributed by atoms with van der Waals surface area (Å²) in [6, 6.07) is 11.1. The van der Waals surface area contributed by atoms with Crippen LogP contribution < -0.4 is 9.64 Å². The number of para-hydroxylation sites is 1. The highest BCUT2D eigenvalue weighted by Crippen LogP contribution is 2.29. The number of anilines is 1. The Bertz CT molecular complexity index is 1020. The highest BCUT2D eigenvalue weighted by Gasteiger charge is 2.25. The molecular weight excluding hydrogens is 382 g/mol. The summed E-state index contributed by atoms with van der Waals surface area (Å²) in [5, 5.41) is 4.00. The molecule has 3 heterocycles. The summed E-state index contributed by atoms with van der Waals surface area (Å²) < 4.78 is 10.8. The Morgan fingerprint density at radius 1 is 1.13 bits per heavy atom. The van der Waals surface area contributed by atoms with Crippen molar-refractivity contribution in [3.05, 3.63) is 54.0 Å². The van der Waals surface area contributed by atoms with Crippen LogP contribution in [0.4, 0.5) is 5.82 Å². The molecule has 0 spiro atoms. The first kappa shape index (κ1) is 19.9. The van der Waals surface area contributed by atoms with Gasteiger partial charge >= 0.3 is 0 Å². The number of carbonyl (C=O) groups excluding carboxylic acids is 1. The van der Waals surface area contributed by atoms with E-state index in [9.17, 15) is 4.79 Å². The van der Waals surface area contributed by atoms with Crippen molar-refractivity contribution in [2.75, 3.05) is 38.2 Å². The van der Waals surface area contributed by atoms with Gasteiger partial charge in [0.1, 0.15) is 11.6 Å². The van der Waals surface area contributed by atoms with E-state index in [0.29, 0.717) is 49.1 Å². The average molecular weight is 407 g/mol. The van der Waals surface area contributed by atoms with Crippen LogP contribution in [0.2, 0.25) is 0 Å². The first-order valence-electron chi connectivity index (χ1n) is 10.2. The summed E-state index contributed by atoms with van der Waals surface area (Å²) in [4.78, 5) is 26.2. The number of methoxy groups -OCH3 is 1. The highest BCUT2D eigenvalue weighted by molar-refractivity contribution is 5.97. The summed E-state index contributed by atoms with van der Waals surface area (Å²) in [6.45, 7) is 4.71. The van der Waals surface area contributed by atoms with Crippen molar-refractivity contribution in [2.24, 2.45) is 0 Å². The number of hydrogen-bond acceptors (Lipinski definition) is 7. The number of aromatic nitrogens is 3. The molecule has 8 nitrogen and oxygen atoms in total. The molecule has 0 N–H and O–H groups in total. The minimum Gasteiger partial charge on any atom is -0.496 e. The fourth-order valence-electron chi connectivity index (χ4n) is 3.65. The molecule has 156 valence electrons. The van der Waals surface area contributed by atoms with Crippen LogP contribution in [-0.4, -0.2) is 59.2 Å². The lowest BCUT2D eigenvalue weighted by atomic mass is 10.1. The van der Waals surface area contributed by atoms with E-state index < -0.39 is 0 Å².